The molecule has 2 aromatic carbocycles. The quantitative estimate of drug-likeness (QED) is 0.464. The lowest BCUT2D eigenvalue weighted by Crippen LogP contribution is -2.10. The molecule has 29 heavy (non-hydrogen) atoms. The Labute approximate surface area is 172 Å². The van der Waals surface area contributed by atoms with Crippen molar-refractivity contribution in [3.8, 4) is 5.69 Å². The number of nitrogens with zero attached hydrogens (tertiary/aromatic N) is 4. The molecule has 1 aliphatic rings. The number of Topliss-reactive ketones (excluding diaryl/α,β-unsaturated/α-hetero) is 1. The lowest BCUT2D eigenvalue weighted by Gasteiger charge is -2.12. The molecule has 142 valence electrons. The molecular weight excluding hydrogens is 380 g/mol. The number of benzene rings is 2. The number of rotatable bonds is 4. The van der Waals surface area contributed by atoms with Gasteiger partial charge >= 0.3 is 0 Å². The summed E-state index contributed by atoms with van der Waals surface area (Å²) in [5, 5.41) is 10.6. The highest BCUT2D eigenvalue weighted by Gasteiger charge is 2.29. The standard InChI is InChI=1S/C23H18N4OS/c1-15-25-26-23-18(14-20(28)21-12-7-13-29-21)24-22(16-8-3-2-4-9-16)17-10-5-6-11-19(17)27(15)23/h2-13,18H,14H2,1H3. The molecule has 4 aromatic rings. The van der Waals surface area contributed by atoms with E-state index in [9.17, 15) is 4.79 Å². The maximum Gasteiger partial charge on any atom is 0.175 e. The number of thiophene rings is 1. The maximum atomic E-state index is 12.9. The van der Waals surface area contributed by atoms with Crippen LogP contribution in [0.3, 0.4) is 0 Å². The van der Waals surface area contributed by atoms with Crippen LogP contribution in [0.15, 0.2) is 77.1 Å². The SMILES string of the molecule is Cc1nnc2n1-c1ccccc1C(c1ccccc1)=NC2CC(=O)c1cccs1. The number of hydrogen-bond donors (Lipinski definition) is 0. The lowest BCUT2D eigenvalue weighted by atomic mass is 10.0. The molecule has 5 rings (SSSR count). The molecule has 1 unspecified atom stereocenters. The predicted octanol–water partition coefficient (Wildman–Crippen LogP) is 4.80. The lowest BCUT2D eigenvalue weighted by molar-refractivity contribution is 0.0977. The fourth-order valence-corrected chi connectivity index (χ4v) is 4.40. The van der Waals surface area contributed by atoms with Crippen LogP contribution in [-0.2, 0) is 0 Å². The summed E-state index contributed by atoms with van der Waals surface area (Å²) in [4.78, 5) is 18.7. The fourth-order valence-electron chi connectivity index (χ4n) is 3.72. The van der Waals surface area contributed by atoms with Crippen LogP contribution in [0.5, 0.6) is 0 Å². The largest absolute Gasteiger partial charge is 0.293 e. The molecule has 0 bridgehead atoms. The molecule has 1 aliphatic heterocycles. The van der Waals surface area contributed by atoms with Gasteiger partial charge < -0.3 is 0 Å². The van der Waals surface area contributed by atoms with Crippen LogP contribution in [0.1, 0.15) is 44.9 Å². The van der Waals surface area contributed by atoms with Crippen molar-refractivity contribution in [2.45, 2.75) is 19.4 Å². The highest BCUT2D eigenvalue weighted by molar-refractivity contribution is 7.12. The highest BCUT2D eigenvalue weighted by Crippen LogP contribution is 2.33. The Morgan fingerprint density at radius 3 is 2.59 bits per heavy atom. The van der Waals surface area contributed by atoms with E-state index < -0.39 is 6.04 Å². The summed E-state index contributed by atoms with van der Waals surface area (Å²) in [5.74, 6) is 1.55. The van der Waals surface area contributed by atoms with Gasteiger partial charge in [0.15, 0.2) is 11.6 Å². The van der Waals surface area contributed by atoms with Crippen LogP contribution in [0.25, 0.3) is 5.69 Å². The summed E-state index contributed by atoms with van der Waals surface area (Å²) in [7, 11) is 0. The average Bonchev–Trinajstić information content (AvgIpc) is 3.39. The van der Waals surface area contributed by atoms with E-state index in [1.54, 1.807) is 0 Å². The molecule has 0 amide bonds. The number of aliphatic imine (C=N–C) groups is 1. The summed E-state index contributed by atoms with van der Waals surface area (Å²) >= 11 is 1.45. The first-order chi connectivity index (χ1) is 14.2. The number of para-hydroxylation sites is 1. The summed E-state index contributed by atoms with van der Waals surface area (Å²) in [6, 6.07) is 21.6. The van der Waals surface area contributed by atoms with Gasteiger partial charge in [-0.1, -0.05) is 54.6 Å². The monoisotopic (exact) mass is 398 g/mol. The number of carbonyl (C=O) groups excluding carboxylic acids is 1. The van der Waals surface area contributed by atoms with Crippen molar-refractivity contribution < 1.29 is 4.79 Å². The smallest absolute Gasteiger partial charge is 0.175 e. The summed E-state index contributed by atoms with van der Waals surface area (Å²) in [5.41, 5.74) is 3.88. The molecule has 6 heteroatoms. The Morgan fingerprint density at radius 1 is 1.00 bits per heavy atom. The minimum Gasteiger partial charge on any atom is -0.293 e. The molecule has 0 spiro atoms. The maximum absolute atomic E-state index is 12.9. The van der Waals surface area contributed by atoms with Crippen LogP contribution in [0.4, 0.5) is 0 Å². The third-order valence-electron chi connectivity index (χ3n) is 5.05. The second kappa shape index (κ2) is 7.22. The van der Waals surface area contributed by atoms with Gasteiger partial charge in [-0.3, -0.25) is 14.4 Å². The molecule has 5 nitrogen and oxygen atoms in total. The van der Waals surface area contributed by atoms with Gasteiger partial charge in [-0.15, -0.1) is 21.5 Å². The van der Waals surface area contributed by atoms with Gasteiger partial charge in [0.25, 0.3) is 0 Å². The zero-order valence-corrected chi connectivity index (χ0v) is 16.6. The van der Waals surface area contributed by atoms with Crippen molar-refractivity contribution in [3.05, 3.63) is 99.8 Å². The molecular formula is C23H18N4OS. The first-order valence-electron chi connectivity index (χ1n) is 9.44. The summed E-state index contributed by atoms with van der Waals surface area (Å²) < 4.78 is 2.03. The van der Waals surface area contributed by atoms with Crippen LogP contribution in [0, 0.1) is 6.92 Å². The molecule has 0 fully saturated rings. The van der Waals surface area contributed by atoms with Gasteiger partial charge in [0, 0.05) is 17.5 Å². The van der Waals surface area contributed by atoms with Gasteiger partial charge in [-0.25, -0.2) is 0 Å². The second-order valence-electron chi connectivity index (χ2n) is 6.92. The van der Waals surface area contributed by atoms with E-state index in [1.165, 1.54) is 11.3 Å². The zero-order chi connectivity index (χ0) is 19.8. The minimum atomic E-state index is -0.409. The van der Waals surface area contributed by atoms with Gasteiger partial charge in [-0.2, -0.15) is 0 Å². The number of aromatic nitrogens is 3. The minimum absolute atomic E-state index is 0.0688. The first-order valence-corrected chi connectivity index (χ1v) is 10.3. The number of carbonyl (C=O) groups is 1. The average molecular weight is 398 g/mol. The molecule has 0 radical (unpaired) electrons. The van der Waals surface area contributed by atoms with E-state index in [1.807, 2.05) is 71.5 Å². The van der Waals surface area contributed by atoms with Crippen molar-refractivity contribution >= 4 is 22.8 Å². The van der Waals surface area contributed by atoms with Gasteiger partial charge in [0.2, 0.25) is 0 Å². The van der Waals surface area contributed by atoms with E-state index in [0.717, 1.165) is 33.2 Å². The third kappa shape index (κ3) is 3.11. The highest BCUT2D eigenvalue weighted by atomic mass is 32.1. The topological polar surface area (TPSA) is 60.1 Å². The Morgan fingerprint density at radius 2 is 1.79 bits per heavy atom. The van der Waals surface area contributed by atoms with Crippen LogP contribution in [0.2, 0.25) is 0 Å². The number of hydrogen-bond acceptors (Lipinski definition) is 5. The Bertz CT molecular complexity index is 1210. The van der Waals surface area contributed by atoms with Gasteiger partial charge in [0.05, 0.1) is 16.3 Å². The molecule has 0 N–H and O–H groups in total. The van der Waals surface area contributed by atoms with Crippen LogP contribution >= 0.6 is 11.3 Å². The van der Waals surface area contributed by atoms with Crippen LogP contribution in [-0.4, -0.2) is 26.3 Å². The van der Waals surface area contributed by atoms with Gasteiger partial charge in [0.1, 0.15) is 11.9 Å². The molecule has 2 aromatic heterocycles. The van der Waals surface area contributed by atoms with Crippen molar-refractivity contribution in [1.29, 1.82) is 0 Å². The Kier molecular flexibility index (Phi) is 4.41. The van der Waals surface area contributed by atoms with Crippen molar-refractivity contribution in [2.24, 2.45) is 4.99 Å². The van der Waals surface area contributed by atoms with Crippen molar-refractivity contribution in [1.82, 2.24) is 14.8 Å². The molecule has 0 saturated carbocycles. The van der Waals surface area contributed by atoms with E-state index in [4.69, 9.17) is 4.99 Å². The Hall–Kier alpha value is -3.38. The van der Waals surface area contributed by atoms with E-state index >= 15 is 0 Å². The fraction of sp³-hybridized carbons (Fsp3) is 0.130. The van der Waals surface area contributed by atoms with E-state index in [2.05, 4.69) is 22.3 Å². The van der Waals surface area contributed by atoms with Crippen molar-refractivity contribution in [3.63, 3.8) is 0 Å². The normalized spacial score (nSPS) is 15.2. The van der Waals surface area contributed by atoms with Crippen molar-refractivity contribution in [2.75, 3.05) is 0 Å². The van der Waals surface area contributed by atoms with E-state index in [0.29, 0.717) is 5.82 Å². The number of fused-ring (bicyclic) bond motifs is 3. The summed E-state index contributed by atoms with van der Waals surface area (Å²) in [6.07, 6.45) is 0.253. The second-order valence-corrected chi connectivity index (χ2v) is 7.87. The Balaban J connectivity index is 1.70. The number of ketones is 1. The van der Waals surface area contributed by atoms with Crippen LogP contribution < -0.4 is 0 Å². The molecule has 0 saturated heterocycles. The molecule has 1 atom stereocenters. The summed E-state index contributed by atoms with van der Waals surface area (Å²) in [6.45, 7) is 1.93. The zero-order valence-electron chi connectivity index (χ0n) is 15.8. The van der Waals surface area contributed by atoms with Gasteiger partial charge in [-0.05, 0) is 24.4 Å². The third-order valence-corrected chi connectivity index (χ3v) is 5.97. The molecule has 0 aliphatic carbocycles. The first kappa shape index (κ1) is 17.7. The number of aryl methyl sites for hydroxylation is 1. The van der Waals surface area contributed by atoms with E-state index in [-0.39, 0.29) is 12.2 Å². The predicted molar refractivity (Wildman–Crippen MR) is 114 cm³/mol. The molecule has 3 heterocycles.